The molecule has 37 heavy (non-hydrogen) atoms. The third-order valence-electron chi connectivity index (χ3n) is 7.68. The van der Waals surface area contributed by atoms with Gasteiger partial charge in [-0.1, -0.05) is 20.8 Å². The highest BCUT2D eigenvalue weighted by atomic mass is 32.2. The van der Waals surface area contributed by atoms with E-state index in [1.54, 1.807) is 16.7 Å². The van der Waals surface area contributed by atoms with E-state index in [9.17, 15) is 14.4 Å². The van der Waals surface area contributed by atoms with E-state index in [-0.39, 0.29) is 41.0 Å². The van der Waals surface area contributed by atoms with Gasteiger partial charge >= 0.3 is 0 Å². The number of likely N-dealkylation sites (tertiary alicyclic amines) is 1. The summed E-state index contributed by atoms with van der Waals surface area (Å²) in [6.07, 6.45) is 2.18. The number of hydrogen-bond donors (Lipinski definition) is 1. The number of ether oxygens (including phenoxy) is 1. The molecule has 3 heterocycles. The monoisotopic (exact) mass is 530 g/mol. The Balaban J connectivity index is 1.45. The standard InChI is InChI=1S/C28H42N4O4S/c1-18(2)30-11-13-31(14-12-30)20-9-7-19(8-10-20)26(34)29-21(15-28(3,4)5)27(35)32-16-23(37-6)25-24(32)22(33)17-36-25/h7-10,18,21,23-25H,11-17H2,1-6H3,(H,29,34)/t21?,23-,24+,25+/m0/s1. The van der Waals surface area contributed by atoms with Gasteiger partial charge in [0, 0.05) is 50.0 Å². The molecule has 3 fully saturated rings. The van der Waals surface area contributed by atoms with E-state index < -0.39 is 12.1 Å². The highest BCUT2D eigenvalue weighted by Crippen LogP contribution is 2.34. The maximum Gasteiger partial charge on any atom is 0.251 e. The van der Waals surface area contributed by atoms with Gasteiger partial charge in [-0.25, -0.2) is 0 Å². The van der Waals surface area contributed by atoms with Crippen LogP contribution < -0.4 is 10.2 Å². The van der Waals surface area contributed by atoms with E-state index in [0.29, 0.717) is 24.6 Å². The molecule has 3 aliphatic heterocycles. The Morgan fingerprint density at radius 1 is 1.11 bits per heavy atom. The Labute approximate surface area is 225 Å². The van der Waals surface area contributed by atoms with Gasteiger partial charge in [0.2, 0.25) is 5.91 Å². The largest absolute Gasteiger partial charge is 0.369 e. The number of ketones is 1. The molecule has 1 unspecified atom stereocenters. The summed E-state index contributed by atoms with van der Waals surface area (Å²) >= 11 is 1.62. The highest BCUT2D eigenvalue weighted by Gasteiger charge is 2.53. The van der Waals surface area contributed by atoms with Crippen LogP contribution in [0.2, 0.25) is 0 Å². The van der Waals surface area contributed by atoms with E-state index in [0.717, 1.165) is 31.9 Å². The van der Waals surface area contributed by atoms with E-state index >= 15 is 0 Å². The Kier molecular flexibility index (Phi) is 8.55. The summed E-state index contributed by atoms with van der Waals surface area (Å²) in [5, 5.41) is 3.06. The van der Waals surface area contributed by atoms with Crippen LogP contribution in [0.25, 0.3) is 0 Å². The minimum absolute atomic E-state index is 0.0470. The van der Waals surface area contributed by atoms with Gasteiger partial charge < -0.3 is 19.9 Å². The summed E-state index contributed by atoms with van der Waals surface area (Å²) in [5.74, 6) is -0.529. The first kappa shape index (κ1) is 27.9. The SMILES string of the molecule is CS[C@H]1CN(C(=O)C(CC(C)(C)C)NC(=O)c2ccc(N3CCN(C(C)C)CC3)cc2)[C@@H]2C(=O)CO[C@H]12. The van der Waals surface area contributed by atoms with Crippen LogP contribution in [0.1, 0.15) is 51.4 Å². The highest BCUT2D eigenvalue weighted by molar-refractivity contribution is 7.99. The van der Waals surface area contributed by atoms with Crippen LogP contribution >= 0.6 is 11.8 Å². The van der Waals surface area contributed by atoms with Gasteiger partial charge in [-0.05, 0) is 56.2 Å². The summed E-state index contributed by atoms with van der Waals surface area (Å²) in [6.45, 7) is 15.1. The molecule has 2 amide bonds. The molecule has 4 rings (SSSR count). The van der Waals surface area contributed by atoms with E-state index in [4.69, 9.17) is 4.74 Å². The van der Waals surface area contributed by atoms with Crippen molar-refractivity contribution in [3.8, 4) is 0 Å². The average Bonchev–Trinajstić information content (AvgIpc) is 3.42. The third-order valence-corrected chi connectivity index (χ3v) is 8.71. The first-order valence-electron chi connectivity index (χ1n) is 13.4. The molecular weight excluding hydrogens is 488 g/mol. The van der Waals surface area contributed by atoms with Gasteiger partial charge in [0.15, 0.2) is 5.78 Å². The molecule has 3 saturated heterocycles. The van der Waals surface area contributed by atoms with Crippen molar-refractivity contribution in [2.75, 3.05) is 50.5 Å². The Morgan fingerprint density at radius 3 is 2.32 bits per heavy atom. The fourth-order valence-corrected chi connectivity index (χ4v) is 6.43. The lowest BCUT2D eigenvalue weighted by atomic mass is 9.87. The minimum Gasteiger partial charge on any atom is -0.369 e. The number of carbonyl (C=O) groups is 3. The Morgan fingerprint density at radius 2 is 1.76 bits per heavy atom. The topological polar surface area (TPSA) is 82.2 Å². The second kappa shape index (κ2) is 11.3. The van der Waals surface area contributed by atoms with Crippen LogP contribution in [0.15, 0.2) is 24.3 Å². The van der Waals surface area contributed by atoms with Crippen molar-refractivity contribution in [2.45, 2.75) is 70.5 Å². The summed E-state index contributed by atoms with van der Waals surface area (Å²) < 4.78 is 5.72. The predicted molar refractivity (Wildman–Crippen MR) is 148 cm³/mol. The molecule has 0 aromatic heterocycles. The van der Waals surface area contributed by atoms with Crippen molar-refractivity contribution in [3.63, 3.8) is 0 Å². The van der Waals surface area contributed by atoms with Gasteiger partial charge in [0.05, 0.1) is 11.4 Å². The molecule has 1 N–H and O–H groups in total. The molecule has 1 aromatic carbocycles. The number of nitrogens with zero attached hydrogens (tertiary/aromatic N) is 3. The van der Waals surface area contributed by atoms with Crippen LogP contribution in [0.5, 0.6) is 0 Å². The number of hydrogen-bond acceptors (Lipinski definition) is 7. The van der Waals surface area contributed by atoms with Crippen molar-refractivity contribution in [3.05, 3.63) is 29.8 Å². The van der Waals surface area contributed by atoms with Gasteiger partial charge in [0.25, 0.3) is 5.91 Å². The van der Waals surface area contributed by atoms with Crippen LogP contribution in [-0.2, 0) is 14.3 Å². The zero-order valence-corrected chi connectivity index (χ0v) is 23.8. The molecule has 8 nitrogen and oxygen atoms in total. The summed E-state index contributed by atoms with van der Waals surface area (Å²) in [6, 6.07) is 6.93. The van der Waals surface area contributed by atoms with Crippen LogP contribution in [0.4, 0.5) is 5.69 Å². The van der Waals surface area contributed by atoms with Crippen molar-refractivity contribution in [1.29, 1.82) is 0 Å². The number of thioether (sulfide) groups is 1. The van der Waals surface area contributed by atoms with Crippen molar-refractivity contribution in [1.82, 2.24) is 15.1 Å². The third kappa shape index (κ3) is 6.32. The number of fused-ring (bicyclic) bond motifs is 1. The molecule has 9 heteroatoms. The second-order valence-electron chi connectivity index (χ2n) is 11.9. The lowest BCUT2D eigenvalue weighted by molar-refractivity contribution is -0.138. The number of amides is 2. The van der Waals surface area contributed by atoms with Crippen molar-refractivity contribution >= 4 is 35.0 Å². The molecule has 0 bridgehead atoms. The van der Waals surface area contributed by atoms with Crippen molar-refractivity contribution < 1.29 is 19.1 Å². The summed E-state index contributed by atoms with van der Waals surface area (Å²) in [5.41, 5.74) is 1.44. The van der Waals surface area contributed by atoms with Gasteiger partial charge in [-0.2, -0.15) is 11.8 Å². The molecular formula is C28H42N4O4S. The number of nitrogens with one attached hydrogen (secondary N) is 1. The molecule has 204 valence electrons. The maximum absolute atomic E-state index is 13.8. The smallest absolute Gasteiger partial charge is 0.251 e. The van der Waals surface area contributed by atoms with Crippen molar-refractivity contribution in [2.24, 2.45) is 5.41 Å². The van der Waals surface area contributed by atoms with Gasteiger partial charge in [-0.15, -0.1) is 0 Å². The fraction of sp³-hybridized carbons (Fsp3) is 0.679. The number of carbonyl (C=O) groups excluding carboxylic acids is 3. The molecule has 0 spiro atoms. The molecule has 4 atom stereocenters. The maximum atomic E-state index is 13.8. The zero-order chi connectivity index (χ0) is 26.9. The first-order chi connectivity index (χ1) is 17.5. The van der Waals surface area contributed by atoms with Gasteiger partial charge in [-0.3, -0.25) is 19.3 Å². The van der Waals surface area contributed by atoms with E-state index in [1.807, 2.05) is 30.5 Å². The Hall–Kier alpha value is -2.10. The summed E-state index contributed by atoms with van der Waals surface area (Å²) in [4.78, 5) is 46.1. The quantitative estimate of drug-likeness (QED) is 0.580. The van der Waals surface area contributed by atoms with E-state index in [1.165, 1.54) is 0 Å². The average molecular weight is 531 g/mol. The first-order valence-corrected chi connectivity index (χ1v) is 14.6. The Bertz CT molecular complexity index is 985. The lowest BCUT2D eigenvalue weighted by Crippen LogP contribution is -2.53. The molecule has 1 aromatic rings. The number of anilines is 1. The predicted octanol–water partition coefficient (Wildman–Crippen LogP) is 2.66. The van der Waals surface area contributed by atoms with Gasteiger partial charge in [0.1, 0.15) is 18.7 Å². The van der Waals surface area contributed by atoms with Crippen LogP contribution in [-0.4, -0.2) is 102 Å². The lowest BCUT2D eigenvalue weighted by Gasteiger charge is -2.38. The normalized spacial score (nSPS) is 25.5. The minimum atomic E-state index is -0.717. The second-order valence-corrected chi connectivity index (χ2v) is 13.0. The van der Waals surface area contributed by atoms with Crippen LogP contribution in [0, 0.1) is 5.41 Å². The summed E-state index contributed by atoms with van der Waals surface area (Å²) in [7, 11) is 0. The fourth-order valence-electron chi connectivity index (χ4n) is 5.62. The number of piperazine rings is 1. The zero-order valence-electron chi connectivity index (χ0n) is 23.0. The van der Waals surface area contributed by atoms with Crippen LogP contribution in [0.3, 0.4) is 0 Å². The van der Waals surface area contributed by atoms with E-state index in [2.05, 4.69) is 49.7 Å². The molecule has 0 aliphatic carbocycles. The molecule has 0 saturated carbocycles. The number of benzene rings is 1. The number of rotatable bonds is 7. The molecule has 0 radical (unpaired) electrons. The molecule has 3 aliphatic rings. The number of Topliss-reactive ketones (excluding diaryl/α,β-unsaturated/α-hetero) is 1.